The first-order chi connectivity index (χ1) is 12.7. The predicted molar refractivity (Wildman–Crippen MR) is 110 cm³/mol. The largest absolute Gasteiger partial charge is 0.289 e. The highest BCUT2D eigenvalue weighted by molar-refractivity contribution is 7.94. The zero-order valence-corrected chi connectivity index (χ0v) is 17.0. The Morgan fingerprint density at radius 1 is 0.926 bits per heavy atom. The van der Waals surface area contributed by atoms with Crippen LogP contribution in [-0.4, -0.2) is 14.2 Å². The van der Waals surface area contributed by atoms with Gasteiger partial charge < -0.3 is 0 Å². The van der Waals surface area contributed by atoms with Crippen molar-refractivity contribution in [2.24, 2.45) is 0 Å². The number of thiophene rings is 1. The van der Waals surface area contributed by atoms with Crippen molar-refractivity contribution in [3.05, 3.63) is 82.7 Å². The van der Waals surface area contributed by atoms with Gasteiger partial charge in [0.05, 0.1) is 0 Å². The summed E-state index contributed by atoms with van der Waals surface area (Å²) >= 11 is 1.14. The first-order valence-corrected chi connectivity index (χ1v) is 10.8. The van der Waals surface area contributed by atoms with Gasteiger partial charge >= 0.3 is 0 Å². The number of nitrogens with one attached hydrogen (secondary N) is 1. The number of carbonyl (C=O) groups is 1. The van der Waals surface area contributed by atoms with Gasteiger partial charge in [-0.3, -0.25) is 9.52 Å². The lowest BCUT2D eigenvalue weighted by Crippen LogP contribution is -2.12. The molecule has 1 N–H and O–H groups in total. The molecule has 0 aliphatic heterocycles. The van der Waals surface area contributed by atoms with E-state index in [1.807, 2.05) is 24.3 Å². The van der Waals surface area contributed by atoms with Crippen LogP contribution in [0.3, 0.4) is 0 Å². The first kappa shape index (κ1) is 19.3. The van der Waals surface area contributed by atoms with Crippen molar-refractivity contribution in [3.8, 4) is 0 Å². The molecule has 0 aliphatic rings. The van der Waals surface area contributed by atoms with Crippen LogP contribution in [0, 0.1) is 0 Å². The fourth-order valence-corrected chi connectivity index (χ4v) is 4.68. The average molecular weight is 400 g/mol. The SMILES string of the molecule is CC(C)(C)c1ccc(C(=O)c2cccc(NS(=O)(=O)c3cccs3)c2)cc1. The smallest absolute Gasteiger partial charge is 0.271 e. The Hall–Kier alpha value is -2.44. The summed E-state index contributed by atoms with van der Waals surface area (Å²) in [7, 11) is -3.64. The third-order valence-corrected chi connectivity index (χ3v) is 6.93. The summed E-state index contributed by atoms with van der Waals surface area (Å²) in [5.74, 6) is -0.146. The first-order valence-electron chi connectivity index (χ1n) is 8.48. The van der Waals surface area contributed by atoms with Gasteiger partial charge in [0, 0.05) is 16.8 Å². The predicted octanol–water partition coefficient (Wildman–Crippen LogP) is 5.08. The van der Waals surface area contributed by atoms with Gasteiger partial charge in [-0.15, -0.1) is 11.3 Å². The molecule has 2 aromatic carbocycles. The Labute approximate surface area is 163 Å². The minimum absolute atomic E-state index is 0.0154. The molecule has 1 aromatic heterocycles. The van der Waals surface area contributed by atoms with Gasteiger partial charge in [0.25, 0.3) is 10.0 Å². The molecular weight excluding hydrogens is 378 g/mol. The molecule has 0 spiro atoms. The molecule has 1 heterocycles. The van der Waals surface area contributed by atoms with Crippen LogP contribution in [0.4, 0.5) is 5.69 Å². The number of benzene rings is 2. The van der Waals surface area contributed by atoms with Crippen LogP contribution in [0.2, 0.25) is 0 Å². The van der Waals surface area contributed by atoms with Crippen molar-refractivity contribution in [1.82, 2.24) is 0 Å². The Kier molecular flexibility index (Phi) is 5.22. The van der Waals surface area contributed by atoms with E-state index < -0.39 is 10.0 Å². The lowest BCUT2D eigenvalue weighted by Gasteiger charge is -2.19. The van der Waals surface area contributed by atoms with E-state index in [0.29, 0.717) is 16.8 Å². The molecule has 0 bridgehead atoms. The second kappa shape index (κ2) is 7.29. The summed E-state index contributed by atoms with van der Waals surface area (Å²) in [4.78, 5) is 12.8. The Morgan fingerprint density at radius 2 is 1.63 bits per heavy atom. The highest BCUT2D eigenvalue weighted by Gasteiger charge is 2.17. The third-order valence-electron chi connectivity index (χ3n) is 4.15. The average Bonchev–Trinajstić information content (AvgIpc) is 3.16. The van der Waals surface area contributed by atoms with Gasteiger partial charge in [-0.25, -0.2) is 8.42 Å². The maximum atomic E-state index is 12.8. The molecule has 3 rings (SSSR count). The molecule has 0 aliphatic carbocycles. The van der Waals surface area contributed by atoms with E-state index in [9.17, 15) is 13.2 Å². The number of sulfonamides is 1. The van der Waals surface area contributed by atoms with Crippen LogP contribution in [0.1, 0.15) is 42.3 Å². The fraction of sp³-hybridized carbons (Fsp3) is 0.190. The summed E-state index contributed by atoms with van der Waals surface area (Å²) in [5, 5.41) is 1.70. The van der Waals surface area contributed by atoms with Crippen molar-refractivity contribution in [2.75, 3.05) is 4.72 Å². The zero-order valence-electron chi connectivity index (χ0n) is 15.4. The fourth-order valence-electron chi connectivity index (χ4n) is 2.63. The van der Waals surface area contributed by atoms with Crippen LogP contribution < -0.4 is 4.72 Å². The van der Waals surface area contributed by atoms with Crippen LogP contribution in [0.5, 0.6) is 0 Å². The summed E-state index contributed by atoms with van der Waals surface area (Å²) in [6.07, 6.45) is 0. The van der Waals surface area contributed by atoms with Crippen molar-refractivity contribution in [1.29, 1.82) is 0 Å². The number of hydrogen-bond acceptors (Lipinski definition) is 4. The topological polar surface area (TPSA) is 63.2 Å². The number of anilines is 1. The van der Waals surface area contributed by atoms with E-state index in [4.69, 9.17) is 0 Å². The number of hydrogen-bond donors (Lipinski definition) is 1. The van der Waals surface area contributed by atoms with E-state index in [-0.39, 0.29) is 15.4 Å². The quantitative estimate of drug-likeness (QED) is 0.609. The molecule has 0 radical (unpaired) electrons. The molecule has 0 atom stereocenters. The minimum atomic E-state index is -3.64. The van der Waals surface area contributed by atoms with E-state index in [0.717, 1.165) is 16.9 Å². The van der Waals surface area contributed by atoms with Gasteiger partial charge in [0.1, 0.15) is 4.21 Å². The molecule has 140 valence electrons. The second-order valence-electron chi connectivity index (χ2n) is 7.27. The van der Waals surface area contributed by atoms with E-state index in [2.05, 4.69) is 25.5 Å². The van der Waals surface area contributed by atoms with Gasteiger partial charge in [0.15, 0.2) is 5.78 Å². The van der Waals surface area contributed by atoms with Crippen molar-refractivity contribution < 1.29 is 13.2 Å². The highest BCUT2D eigenvalue weighted by atomic mass is 32.2. The monoisotopic (exact) mass is 399 g/mol. The van der Waals surface area contributed by atoms with Crippen molar-refractivity contribution in [2.45, 2.75) is 30.4 Å². The molecule has 3 aromatic rings. The maximum absolute atomic E-state index is 12.8. The van der Waals surface area contributed by atoms with Gasteiger partial charge in [0.2, 0.25) is 0 Å². The molecule has 0 unspecified atom stereocenters. The Bertz CT molecular complexity index is 1050. The normalized spacial score (nSPS) is 12.0. The van der Waals surface area contributed by atoms with E-state index >= 15 is 0 Å². The minimum Gasteiger partial charge on any atom is -0.289 e. The summed E-state index contributed by atoms with van der Waals surface area (Å²) in [6.45, 7) is 6.35. The van der Waals surface area contributed by atoms with Crippen LogP contribution in [-0.2, 0) is 15.4 Å². The Morgan fingerprint density at radius 3 is 2.22 bits per heavy atom. The Balaban J connectivity index is 1.84. The molecule has 4 nitrogen and oxygen atoms in total. The van der Waals surface area contributed by atoms with Crippen LogP contribution >= 0.6 is 11.3 Å². The van der Waals surface area contributed by atoms with Crippen LogP contribution in [0.15, 0.2) is 70.3 Å². The second-order valence-corrected chi connectivity index (χ2v) is 10.1. The number of carbonyl (C=O) groups excluding carboxylic acids is 1. The molecule has 0 saturated heterocycles. The van der Waals surface area contributed by atoms with E-state index in [1.54, 1.807) is 41.8 Å². The summed E-state index contributed by atoms with van der Waals surface area (Å²) in [6, 6.07) is 17.3. The number of rotatable bonds is 5. The van der Waals surface area contributed by atoms with Crippen molar-refractivity contribution in [3.63, 3.8) is 0 Å². The molecule has 0 saturated carbocycles. The number of ketones is 1. The van der Waals surface area contributed by atoms with Gasteiger partial charge in [-0.1, -0.05) is 63.2 Å². The lowest BCUT2D eigenvalue weighted by molar-refractivity contribution is 0.103. The molecular formula is C21H21NO3S2. The lowest BCUT2D eigenvalue weighted by atomic mass is 9.86. The molecule has 6 heteroatoms. The molecule has 27 heavy (non-hydrogen) atoms. The van der Waals surface area contributed by atoms with E-state index in [1.165, 1.54) is 0 Å². The zero-order chi connectivity index (χ0) is 19.7. The van der Waals surface area contributed by atoms with Crippen LogP contribution in [0.25, 0.3) is 0 Å². The standard InChI is InChI=1S/C21H21NO3S2/c1-21(2,3)17-11-9-15(10-12-17)20(23)16-6-4-7-18(14-16)22-27(24,25)19-8-5-13-26-19/h4-14,22H,1-3H3. The molecule has 0 amide bonds. The third kappa shape index (κ3) is 4.46. The summed E-state index contributed by atoms with van der Waals surface area (Å²) in [5.41, 5.74) is 2.53. The van der Waals surface area contributed by atoms with Gasteiger partial charge in [-0.05, 0) is 34.6 Å². The van der Waals surface area contributed by atoms with Gasteiger partial charge in [-0.2, -0.15) is 0 Å². The molecule has 0 fully saturated rings. The maximum Gasteiger partial charge on any atom is 0.271 e. The van der Waals surface area contributed by atoms with Crippen molar-refractivity contribution >= 4 is 32.8 Å². The highest BCUT2D eigenvalue weighted by Crippen LogP contribution is 2.24. The summed E-state index contributed by atoms with van der Waals surface area (Å²) < 4.78 is 27.5.